The van der Waals surface area contributed by atoms with Crippen LogP contribution in [0.2, 0.25) is 0 Å². The maximum atomic E-state index is 4.96. The first-order chi connectivity index (χ1) is 5.41. The molecule has 0 aromatic heterocycles. The van der Waals surface area contributed by atoms with Gasteiger partial charge >= 0.3 is 0 Å². The number of ether oxygens (including phenoxy) is 2. The molecule has 0 radical (unpaired) electrons. The molecular weight excluding hydrogens is 140 g/mol. The summed E-state index contributed by atoms with van der Waals surface area (Å²) in [7, 11) is 1.62. The monoisotopic (exact) mass is 158 g/mol. The van der Waals surface area contributed by atoms with Crippen molar-refractivity contribution in [2.45, 2.75) is 32.6 Å². The van der Waals surface area contributed by atoms with E-state index in [1.807, 2.05) is 6.08 Å². The topological polar surface area (TPSA) is 18.5 Å². The fraction of sp³-hybridized carbons (Fsp3) is 0.778. The van der Waals surface area contributed by atoms with E-state index in [4.69, 9.17) is 9.47 Å². The molecule has 0 heterocycles. The first-order valence-electron chi connectivity index (χ1n) is 4.17. The molecule has 0 amide bonds. The van der Waals surface area contributed by atoms with Crippen molar-refractivity contribution in [3.8, 4) is 0 Å². The first kappa shape index (κ1) is 10.5. The molecule has 0 aliphatic heterocycles. The smallest absolute Gasteiger partial charge is 0.187 e. The van der Waals surface area contributed by atoms with Crippen LogP contribution in [0.25, 0.3) is 0 Å². The summed E-state index contributed by atoms with van der Waals surface area (Å²) in [5.41, 5.74) is 0. The van der Waals surface area contributed by atoms with Crippen molar-refractivity contribution in [1.29, 1.82) is 0 Å². The summed E-state index contributed by atoms with van der Waals surface area (Å²) in [5, 5.41) is 0. The van der Waals surface area contributed by atoms with Crippen LogP contribution in [0.15, 0.2) is 12.3 Å². The van der Waals surface area contributed by atoms with Gasteiger partial charge in [-0.05, 0) is 18.9 Å². The molecule has 0 rings (SSSR count). The van der Waals surface area contributed by atoms with E-state index in [1.165, 1.54) is 19.3 Å². The number of allylic oxidation sites excluding steroid dienone is 1. The molecule has 0 aliphatic carbocycles. The predicted molar refractivity (Wildman–Crippen MR) is 46.2 cm³/mol. The van der Waals surface area contributed by atoms with Gasteiger partial charge in [-0.1, -0.05) is 19.8 Å². The van der Waals surface area contributed by atoms with E-state index < -0.39 is 0 Å². The zero-order valence-electron chi connectivity index (χ0n) is 7.51. The van der Waals surface area contributed by atoms with Gasteiger partial charge in [0.05, 0.1) is 6.26 Å². The highest BCUT2D eigenvalue weighted by Gasteiger charge is 1.81. The summed E-state index contributed by atoms with van der Waals surface area (Å²) in [6, 6.07) is 0. The van der Waals surface area contributed by atoms with Gasteiger partial charge in [-0.3, -0.25) is 0 Å². The lowest BCUT2D eigenvalue weighted by Gasteiger charge is -1.96. The highest BCUT2D eigenvalue weighted by atomic mass is 16.7. The van der Waals surface area contributed by atoms with E-state index in [0.717, 1.165) is 6.42 Å². The summed E-state index contributed by atoms with van der Waals surface area (Å²) in [6.45, 7) is 2.55. The quantitative estimate of drug-likeness (QED) is 0.322. The number of unbranched alkanes of at least 4 members (excludes halogenated alkanes) is 3. The van der Waals surface area contributed by atoms with Gasteiger partial charge in [0.1, 0.15) is 0 Å². The SMILES string of the molecule is CCCCC/C=C/OCOC. The van der Waals surface area contributed by atoms with Gasteiger partial charge in [-0.25, -0.2) is 0 Å². The molecule has 0 aliphatic rings. The zero-order valence-corrected chi connectivity index (χ0v) is 7.51. The Morgan fingerprint density at radius 2 is 2.09 bits per heavy atom. The Morgan fingerprint density at radius 3 is 2.73 bits per heavy atom. The van der Waals surface area contributed by atoms with Crippen molar-refractivity contribution in [3.05, 3.63) is 12.3 Å². The lowest BCUT2D eigenvalue weighted by molar-refractivity contribution is 0.0196. The highest BCUT2D eigenvalue weighted by Crippen LogP contribution is 1.99. The van der Waals surface area contributed by atoms with Crippen LogP contribution >= 0.6 is 0 Å². The van der Waals surface area contributed by atoms with E-state index in [1.54, 1.807) is 13.4 Å². The van der Waals surface area contributed by atoms with E-state index in [9.17, 15) is 0 Å². The predicted octanol–water partition coefficient (Wildman–Crippen LogP) is 2.70. The molecule has 0 unspecified atom stereocenters. The van der Waals surface area contributed by atoms with Gasteiger partial charge in [0.2, 0.25) is 0 Å². The molecule has 2 heteroatoms. The van der Waals surface area contributed by atoms with Crippen LogP contribution in [0.4, 0.5) is 0 Å². The van der Waals surface area contributed by atoms with Crippen molar-refractivity contribution >= 4 is 0 Å². The van der Waals surface area contributed by atoms with Crippen molar-refractivity contribution < 1.29 is 9.47 Å². The Morgan fingerprint density at radius 1 is 1.27 bits per heavy atom. The summed E-state index contributed by atoms with van der Waals surface area (Å²) in [6.07, 6.45) is 8.68. The molecule has 0 spiro atoms. The summed E-state index contributed by atoms with van der Waals surface area (Å²) >= 11 is 0. The Balaban J connectivity index is 2.91. The minimum Gasteiger partial charge on any atom is -0.476 e. The largest absolute Gasteiger partial charge is 0.476 e. The molecule has 0 fully saturated rings. The number of hydrogen-bond acceptors (Lipinski definition) is 2. The Hall–Kier alpha value is -0.500. The second-order valence-electron chi connectivity index (χ2n) is 2.44. The molecule has 0 atom stereocenters. The molecule has 0 N–H and O–H groups in total. The minimum absolute atomic E-state index is 0.351. The normalized spacial score (nSPS) is 10.7. The zero-order chi connectivity index (χ0) is 8.36. The Labute approximate surface area is 69.2 Å². The van der Waals surface area contributed by atoms with E-state index >= 15 is 0 Å². The molecule has 0 saturated carbocycles. The number of rotatable bonds is 7. The Bertz CT molecular complexity index is 89.6. The molecule has 0 aromatic carbocycles. The van der Waals surface area contributed by atoms with Crippen molar-refractivity contribution in [3.63, 3.8) is 0 Å². The molecule has 0 aromatic rings. The molecule has 11 heavy (non-hydrogen) atoms. The van der Waals surface area contributed by atoms with Gasteiger partial charge in [0.15, 0.2) is 6.79 Å². The maximum absolute atomic E-state index is 4.96. The fourth-order valence-electron chi connectivity index (χ4n) is 0.756. The van der Waals surface area contributed by atoms with Crippen LogP contribution in [0, 0.1) is 0 Å². The standard InChI is InChI=1S/C9H18O2/c1-3-4-5-6-7-8-11-9-10-2/h7-8H,3-6,9H2,1-2H3/b8-7+. The first-order valence-corrected chi connectivity index (χ1v) is 4.17. The van der Waals surface area contributed by atoms with E-state index in [0.29, 0.717) is 6.79 Å². The molecule has 0 bridgehead atoms. The van der Waals surface area contributed by atoms with Crippen LogP contribution in [0.5, 0.6) is 0 Å². The van der Waals surface area contributed by atoms with E-state index in [-0.39, 0.29) is 0 Å². The average Bonchev–Trinajstić information content (AvgIpc) is 2.03. The maximum Gasteiger partial charge on any atom is 0.187 e. The molecule has 0 saturated heterocycles. The summed E-state index contributed by atoms with van der Waals surface area (Å²) in [5.74, 6) is 0. The van der Waals surface area contributed by atoms with Crippen molar-refractivity contribution in [1.82, 2.24) is 0 Å². The van der Waals surface area contributed by atoms with E-state index in [2.05, 4.69) is 6.92 Å². The second-order valence-corrected chi connectivity index (χ2v) is 2.44. The van der Waals surface area contributed by atoms with Crippen LogP contribution in [0.3, 0.4) is 0 Å². The summed E-state index contributed by atoms with van der Waals surface area (Å²) < 4.78 is 9.66. The molecule has 2 nitrogen and oxygen atoms in total. The Kier molecular flexibility index (Phi) is 9.07. The number of methoxy groups -OCH3 is 1. The van der Waals surface area contributed by atoms with Gasteiger partial charge in [-0.2, -0.15) is 0 Å². The van der Waals surface area contributed by atoms with Crippen molar-refractivity contribution in [2.75, 3.05) is 13.9 Å². The molecule has 66 valence electrons. The van der Waals surface area contributed by atoms with Crippen LogP contribution in [-0.2, 0) is 9.47 Å². The van der Waals surface area contributed by atoms with Gasteiger partial charge in [0.25, 0.3) is 0 Å². The van der Waals surface area contributed by atoms with Crippen LogP contribution in [0.1, 0.15) is 32.6 Å². The van der Waals surface area contributed by atoms with Crippen LogP contribution < -0.4 is 0 Å². The third-order valence-corrected chi connectivity index (χ3v) is 1.35. The third kappa shape index (κ3) is 9.50. The fourth-order valence-corrected chi connectivity index (χ4v) is 0.756. The minimum atomic E-state index is 0.351. The molecular formula is C9H18O2. The van der Waals surface area contributed by atoms with Crippen molar-refractivity contribution in [2.24, 2.45) is 0 Å². The third-order valence-electron chi connectivity index (χ3n) is 1.35. The average molecular weight is 158 g/mol. The second kappa shape index (κ2) is 9.50. The highest BCUT2D eigenvalue weighted by molar-refractivity contribution is 4.72. The van der Waals surface area contributed by atoms with Crippen LogP contribution in [-0.4, -0.2) is 13.9 Å². The number of hydrogen-bond donors (Lipinski definition) is 0. The van der Waals surface area contributed by atoms with Gasteiger partial charge < -0.3 is 9.47 Å². The lowest BCUT2D eigenvalue weighted by Crippen LogP contribution is -1.87. The lowest BCUT2D eigenvalue weighted by atomic mass is 10.2. The summed E-state index contributed by atoms with van der Waals surface area (Å²) in [4.78, 5) is 0. The van der Waals surface area contributed by atoms with Gasteiger partial charge in [0, 0.05) is 7.11 Å². The van der Waals surface area contributed by atoms with Gasteiger partial charge in [-0.15, -0.1) is 0 Å².